The van der Waals surface area contributed by atoms with Gasteiger partial charge in [0, 0.05) is 0 Å². The molecule has 0 unspecified atom stereocenters. The van der Waals surface area contributed by atoms with Gasteiger partial charge in [-0.1, -0.05) is 25.5 Å². The van der Waals surface area contributed by atoms with E-state index in [1.54, 1.807) is 0 Å². The first-order valence-corrected chi connectivity index (χ1v) is 5.74. The molecule has 0 fully saturated rings. The summed E-state index contributed by atoms with van der Waals surface area (Å²) in [6.07, 6.45) is 2.19. The minimum Gasteiger partial charge on any atom is -0.494 e. The molecule has 1 aromatic rings. The molecule has 86 valence electrons. The van der Waals surface area contributed by atoms with Gasteiger partial charge in [-0.15, -0.1) is 0 Å². The summed E-state index contributed by atoms with van der Waals surface area (Å²) >= 11 is 0. The molecule has 0 spiro atoms. The third kappa shape index (κ3) is 3.27. The Kier molecular flexibility index (Phi) is 4.37. The Labute approximate surface area is 97.9 Å². The van der Waals surface area contributed by atoms with Crippen LogP contribution >= 0.6 is 0 Å². The second-order valence-electron chi connectivity index (χ2n) is 4.47. The Morgan fingerprint density at radius 2 is 2.12 bits per heavy atom. The topological polar surface area (TPSA) is 33.0 Å². The van der Waals surface area contributed by atoms with Gasteiger partial charge in [-0.3, -0.25) is 0 Å². The van der Waals surface area contributed by atoms with Gasteiger partial charge in [-0.25, -0.2) is 0 Å². The summed E-state index contributed by atoms with van der Waals surface area (Å²) < 4.78 is 5.62. The maximum atomic E-state index is 9.06. The zero-order valence-corrected chi connectivity index (χ0v) is 10.3. The van der Waals surface area contributed by atoms with Gasteiger partial charge in [-0.05, 0) is 38.0 Å². The lowest BCUT2D eigenvalue weighted by molar-refractivity contribution is 0.309. The predicted molar refractivity (Wildman–Crippen MR) is 65.5 cm³/mol. The Morgan fingerprint density at radius 3 is 2.75 bits per heavy atom. The van der Waals surface area contributed by atoms with Gasteiger partial charge in [0.1, 0.15) is 5.75 Å². The lowest BCUT2D eigenvalue weighted by atomic mass is 9.86. The van der Waals surface area contributed by atoms with E-state index in [0.717, 1.165) is 30.8 Å². The van der Waals surface area contributed by atoms with Crippen LogP contribution in [0.3, 0.4) is 0 Å². The number of rotatable bonds is 5. The smallest absolute Gasteiger partial charge is 0.119 e. The van der Waals surface area contributed by atoms with Crippen molar-refractivity contribution < 1.29 is 4.74 Å². The monoisotopic (exact) mass is 217 g/mol. The minimum absolute atomic E-state index is 0.454. The molecule has 0 saturated heterocycles. The van der Waals surface area contributed by atoms with E-state index in [4.69, 9.17) is 10.00 Å². The van der Waals surface area contributed by atoms with Crippen LogP contribution in [0.25, 0.3) is 0 Å². The zero-order valence-electron chi connectivity index (χ0n) is 10.3. The first-order valence-electron chi connectivity index (χ1n) is 5.74. The predicted octanol–water partition coefficient (Wildman–Crippen LogP) is 3.67. The summed E-state index contributed by atoms with van der Waals surface area (Å²) in [5.74, 6) is 0.856. The van der Waals surface area contributed by atoms with Crippen LogP contribution in [-0.4, -0.2) is 6.61 Å². The summed E-state index contributed by atoms with van der Waals surface area (Å²) in [6, 6.07) is 10.1. The van der Waals surface area contributed by atoms with Crippen molar-refractivity contribution in [1.29, 1.82) is 5.26 Å². The summed E-state index contributed by atoms with van der Waals surface area (Å²) in [6.45, 7) is 6.71. The number of unbranched alkanes of at least 4 members (excludes halogenated alkanes) is 1. The number of hydrogen-bond donors (Lipinski definition) is 0. The van der Waals surface area contributed by atoms with Gasteiger partial charge in [0.2, 0.25) is 0 Å². The van der Waals surface area contributed by atoms with Crippen molar-refractivity contribution in [1.82, 2.24) is 0 Å². The minimum atomic E-state index is -0.454. The first kappa shape index (κ1) is 12.6. The third-order valence-corrected chi connectivity index (χ3v) is 2.60. The van der Waals surface area contributed by atoms with E-state index in [1.807, 2.05) is 38.1 Å². The number of ether oxygens (including phenoxy) is 1. The molecule has 0 aliphatic carbocycles. The van der Waals surface area contributed by atoms with Crippen LogP contribution in [0.4, 0.5) is 0 Å². The number of nitriles is 1. The molecule has 0 heterocycles. The highest BCUT2D eigenvalue weighted by Crippen LogP contribution is 2.25. The Hall–Kier alpha value is -1.49. The Morgan fingerprint density at radius 1 is 1.38 bits per heavy atom. The van der Waals surface area contributed by atoms with Crippen molar-refractivity contribution in [3.8, 4) is 11.8 Å². The summed E-state index contributed by atoms with van der Waals surface area (Å²) in [4.78, 5) is 0. The second-order valence-corrected chi connectivity index (χ2v) is 4.47. The van der Waals surface area contributed by atoms with Gasteiger partial charge < -0.3 is 4.74 Å². The molecule has 0 radical (unpaired) electrons. The van der Waals surface area contributed by atoms with Crippen LogP contribution in [0.5, 0.6) is 5.75 Å². The summed E-state index contributed by atoms with van der Waals surface area (Å²) in [5, 5.41) is 9.06. The largest absolute Gasteiger partial charge is 0.494 e. The molecule has 0 bridgehead atoms. The van der Waals surface area contributed by atoms with Crippen LogP contribution < -0.4 is 4.74 Å². The van der Waals surface area contributed by atoms with Crippen molar-refractivity contribution in [2.75, 3.05) is 6.61 Å². The molecule has 0 amide bonds. The van der Waals surface area contributed by atoms with Gasteiger partial charge in [0.05, 0.1) is 18.1 Å². The van der Waals surface area contributed by atoms with E-state index in [0.29, 0.717) is 0 Å². The van der Waals surface area contributed by atoms with Crippen molar-refractivity contribution in [3.63, 3.8) is 0 Å². The van der Waals surface area contributed by atoms with Crippen LogP contribution in [0.1, 0.15) is 39.2 Å². The number of hydrogen-bond acceptors (Lipinski definition) is 2. The fourth-order valence-electron chi connectivity index (χ4n) is 1.37. The Balaban J connectivity index is 2.76. The zero-order chi connectivity index (χ0) is 12.0. The van der Waals surface area contributed by atoms with E-state index < -0.39 is 5.41 Å². The number of benzene rings is 1. The standard InChI is InChI=1S/C14H19NO/c1-4-5-9-16-13-8-6-7-12(10-13)14(2,3)11-15/h6-8,10H,4-5,9H2,1-3H3. The van der Waals surface area contributed by atoms with E-state index in [1.165, 1.54) is 0 Å². The fourth-order valence-corrected chi connectivity index (χ4v) is 1.37. The Bertz CT molecular complexity index is 377. The molecule has 0 atom stereocenters. The molecule has 0 aromatic heterocycles. The second kappa shape index (κ2) is 5.55. The number of nitrogens with zero attached hydrogens (tertiary/aromatic N) is 1. The lowest BCUT2D eigenvalue weighted by Gasteiger charge is -2.16. The quantitative estimate of drug-likeness (QED) is 0.705. The highest BCUT2D eigenvalue weighted by Gasteiger charge is 2.19. The molecule has 2 nitrogen and oxygen atoms in total. The average molecular weight is 217 g/mol. The van der Waals surface area contributed by atoms with E-state index in [-0.39, 0.29) is 0 Å². The molecule has 0 N–H and O–H groups in total. The lowest BCUT2D eigenvalue weighted by Crippen LogP contribution is -2.13. The SMILES string of the molecule is CCCCOc1cccc(C(C)(C)C#N)c1. The molecule has 1 aromatic carbocycles. The molecule has 0 aliphatic rings. The maximum Gasteiger partial charge on any atom is 0.119 e. The molecule has 16 heavy (non-hydrogen) atoms. The van der Waals surface area contributed by atoms with Crippen LogP contribution in [0.2, 0.25) is 0 Å². The first-order chi connectivity index (χ1) is 7.60. The van der Waals surface area contributed by atoms with Crippen LogP contribution in [0.15, 0.2) is 24.3 Å². The molecular formula is C14H19NO. The summed E-state index contributed by atoms with van der Waals surface area (Å²) in [5.41, 5.74) is 0.549. The van der Waals surface area contributed by atoms with Crippen molar-refractivity contribution in [2.45, 2.75) is 39.0 Å². The molecule has 2 heteroatoms. The summed E-state index contributed by atoms with van der Waals surface area (Å²) in [7, 11) is 0. The highest BCUT2D eigenvalue weighted by molar-refractivity contribution is 5.36. The maximum absolute atomic E-state index is 9.06. The van der Waals surface area contributed by atoms with Gasteiger partial charge in [-0.2, -0.15) is 5.26 Å². The van der Waals surface area contributed by atoms with Crippen molar-refractivity contribution in [3.05, 3.63) is 29.8 Å². The normalized spacial score (nSPS) is 10.9. The molecule has 0 saturated carbocycles. The average Bonchev–Trinajstić information content (AvgIpc) is 2.30. The van der Waals surface area contributed by atoms with Crippen LogP contribution in [0, 0.1) is 11.3 Å². The van der Waals surface area contributed by atoms with E-state index in [9.17, 15) is 0 Å². The van der Waals surface area contributed by atoms with Crippen molar-refractivity contribution >= 4 is 0 Å². The molecule has 0 aliphatic heterocycles. The highest BCUT2D eigenvalue weighted by atomic mass is 16.5. The molecular weight excluding hydrogens is 198 g/mol. The molecule has 1 rings (SSSR count). The third-order valence-electron chi connectivity index (χ3n) is 2.60. The van der Waals surface area contributed by atoms with Gasteiger partial charge in [0.15, 0.2) is 0 Å². The van der Waals surface area contributed by atoms with E-state index in [2.05, 4.69) is 13.0 Å². The van der Waals surface area contributed by atoms with Crippen LogP contribution in [-0.2, 0) is 5.41 Å². The van der Waals surface area contributed by atoms with Gasteiger partial charge >= 0.3 is 0 Å². The van der Waals surface area contributed by atoms with Crippen molar-refractivity contribution in [2.24, 2.45) is 0 Å². The van der Waals surface area contributed by atoms with Gasteiger partial charge in [0.25, 0.3) is 0 Å². The van der Waals surface area contributed by atoms with E-state index >= 15 is 0 Å². The fraction of sp³-hybridized carbons (Fsp3) is 0.500.